The fourth-order valence-electron chi connectivity index (χ4n) is 5.08. The Morgan fingerprint density at radius 1 is 1.06 bits per heavy atom. The van der Waals surface area contributed by atoms with Crippen LogP contribution in [0.5, 0.6) is 0 Å². The van der Waals surface area contributed by atoms with Crippen LogP contribution in [-0.2, 0) is 10.0 Å². The molecule has 3 aromatic carbocycles. The molecule has 166 valence electrons. The number of nitrogens with zero attached hydrogens (tertiary/aromatic N) is 1. The Morgan fingerprint density at radius 2 is 1.78 bits per heavy atom. The minimum absolute atomic E-state index is 0.0465. The summed E-state index contributed by atoms with van der Waals surface area (Å²) in [5, 5.41) is 13.4. The first-order valence-corrected chi connectivity index (χ1v) is 12.2. The fraction of sp³-hybridized carbons (Fsp3) is 0.280. The molecule has 7 heteroatoms. The standard InChI is InChI=1S/C25H25FN2O3S/c1-16-4-2-3-5-24(16)32(30,31)28-13-12-20-23(15-29)27-22-11-8-18(14-21(22)25(20)28)17-6-9-19(26)10-7-17/h2-11,14,20,23,25,27,29H,12-13,15H2,1H3/t20-,23+,25-/m0/s1. The third-order valence-corrected chi connectivity index (χ3v) is 8.72. The number of aryl methyl sites for hydroxylation is 1. The Morgan fingerprint density at radius 3 is 2.50 bits per heavy atom. The number of hydrogen-bond acceptors (Lipinski definition) is 4. The van der Waals surface area contributed by atoms with Crippen LogP contribution < -0.4 is 5.32 Å². The molecule has 2 heterocycles. The van der Waals surface area contributed by atoms with E-state index < -0.39 is 10.0 Å². The normalized spacial score (nSPS) is 22.8. The first kappa shape index (κ1) is 21.1. The monoisotopic (exact) mass is 452 g/mol. The average Bonchev–Trinajstić information content (AvgIpc) is 3.25. The van der Waals surface area contributed by atoms with Crippen LogP contribution in [0.2, 0.25) is 0 Å². The Labute approximate surface area is 187 Å². The van der Waals surface area contributed by atoms with Crippen LogP contribution in [-0.4, -0.2) is 37.0 Å². The molecule has 0 saturated carbocycles. The number of benzene rings is 3. The summed E-state index contributed by atoms with van der Waals surface area (Å²) in [6.07, 6.45) is 0.661. The molecule has 2 aliphatic rings. The number of halogens is 1. The summed E-state index contributed by atoms with van der Waals surface area (Å²) in [7, 11) is -3.72. The van der Waals surface area contributed by atoms with Gasteiger partial charge in [0.1, 0.15) is 5.82 Å². The highest BCUT2D eigenvalue weighted by atomic mass is 32.2. The minimum atomic E-state index is -3.72. The van der Waals surface area contributed by atoms with Gasteiger partial charge in [-0.25, -0.2) is 12.8 Å². The van der Waals surface area contributed by atoms with Gasteiger partial charge in [0.15, 0.2) is 0 Å². The molecule has 0 spiro atoms. The maximum Gasteiger partial charge on any atom is 0.243 e. The van der Waals surface area contributed by atoms with Gasteiger partial charge in [0.2, 0.25) is 10.0 Å². The van der Waals surface area contributed by atoms with Gasteiger partial charge >= 0.3 is 0 Å². The average molecular weight is 453 g/mol. The third kappa shape index (κ3) is 3.41. The molecular formula is C25H25FN2O3S. The van der Waals surface area contributed by atoms with Crippen LogP contribution >= 0.6 is 0 Å². The zero-order valence-corrected chi connectivity index (χ0v) is 18.5. The summed E-state index contributed by atoms with van der Waals surface area (Å²) in [6, 6.07) is 18.6. The molecule has 2 aliphatic heterocycles. The Bertz CT molecular complexity index is 1260. The van der Waals surface area contributed by atoms with Crippen LogP contribution in [0.3, 0.4) is 0 Å². The van der Waals surface area contributed by atoms with Crippen molar-refractivity contribution in [2.45, 2.75) is 30.3 Å². The fourth-order valence-corrected chi connectivity index (χ4v) is 6.98. The third-order valence-electron chi connectivity index (χ3n) is 6.68. The molecule has 0 bridgehead atoms. The van der Waals surface area contributed by atoms with E-state index >= 15 is 0 Å². The van der Waals surface area contributed by atoms with Gasteiger partial charge in [-0.2, -0.15) is 4.31 Å². The number of nitrogens with one attached hydrogen (secondary N) is 1. The van der Waals surface area contributed by atoms with Gasteiger partial charge in [-0.05, 0) is 65.9 Å². The van der Waals surface area contributed by atoms with Gasteiger partial charge in [0.05, 0.1) is 23.6 Å². The molecule has 5 rings (SSSR count). The lowest BCUT2D eigenvalue weighted by atomic mass is 9.82. The molecular weight excluding hydrogens is 427 g/mol. The number of rotatable bonds is 4. The van der Waals surface area contributed by atoms with Crippen molar-refractivity contribution in [1.29, 1.82) is 0 Å². The van der Waals surface area contributed by atoms with E-state index in [0.29, 0.717) is 23.4 Å². The molecule has 1 fully saturated rings. The SMILES string of the molecule is Cc1ccccc1S(=O)(=O)N1CC[C@@H]2[C@H]1c1cc(-c3ccc(F)cc3)ccc1N[C@@H]2CO. The van der Waals surface area contributed by atoms with E-state index in [4.69, 9.17) is 0 Å². The molecule has 0 aliphatic carbocycles. The second-order valence-corrected chi connectivity index (χ2v) is 10.4. The van der Waals surface area contributed by atoms with Crippen LogP contribution in [0.15, 0.2) is 71.6 Å². The number of aliphatic hydroxyl groups excluding tert-OH is 1. The zero-order chi connectivity index (χ0) is 22.5. The van der Waals surface area contributed by atoms with E-state index in [2.05, 4.69) is 5.32 Å². The van der Waals surface area contributed by atoms with E-state index in [9.17, 15) is 17.9 Å². The highest BCUT2D eigenvalue weighted by molar-refractivity contribution is 7.89. The first-order valence-electron chi connectivity index (χ1n) is 10.7. The van der Waals surface area contributed by atoms with Crippen molar-refractivity contribution in [2.75, 3.05) is 18.5 Å². The molecule has 0 unspecified atom stereocenters. The lowest BCUT2D eigenvalue weighted by Gasteiger charge is -2.39. The largest absolute Gasteiger partial charge is 0.394 e. The lowest BCUT2D eigenvalue weighted by Crippen LogP contribution is -2.42. The summed E-state index contributed by atoms with van der Waals surface area (Å²) >= 11 is 0. The maximum atomic E-state index is 13.7. The predicted molar refractivity (Wildman–Crippen MR) is 122 cm³/mol. The van der Waals surface area contributed by atoms with E-state index in [1.165, 1.54) is 12.1 Å². The van der Waals surface area contributed by atoms with E-state index in [-0.39, 0.29) is 30.4 Å². The number of hydrogen-bond donors (Lipinski definition) is 2. The van der Waals surface area contributed by atoms with Gasteiger partial charge < -0.3 is 10.4 Å². The summed E-state index contributed by atoms with van der Waals surface area (Å²) in [6.45, 7) is 2.13. The van der Waals surface area contributed by atoms with Crippen LogP contribution in [0.1, 0.15) is 23.6 Å². The molecule has 3 atom stereocenters. The zero-order valence-electron chi connectivity index (χ0n) is 17.7. The lowest BCUT2D eigenvalue weighted by molar-refractivity contribution is 0.210. The number of aliphatic hydroxyl groups is 1. The number of anilines is 1. The molecule has 0 radical (unpaired) electrons. The van der Waals surface area contributed by atoms with Crippen molar-refractivity contribution < 1.29 is 17.9 Å². The van der Waals surface area contributed by atoms with Crippen molar-refractivity contribution in [3.8, 4) is 11.1 Å². The van der Waals surface area contributed by atoms with Crippen LogP contribution in [0.4, 0.5) is 10.1 Å². The summed E-state index contributed by atoms with van der Waals surface area (Å²) in [5.74, 6) is -0.347. The molecule has 2 N–H and O–H groups in total. The second kappa shape index (κ2) is 7.99. The van der Waals surface area contributed by atoms with Crippen LogP contribution in [0.25, 0.3) is 11.1 Å². The van der Waals surface area contributed by atoms with E-state index in [1.807, 2.05) is 24.3 Å². The summed E-state index contributed by atoms with van der Waals surface area (Å²) < 4.78 is 42.4. The first-order chi connectivity index (χ1) is 15.4. The number of sulfonamides is 1. The maximum absolute atomic E-state index is 13.7. The molecule has 5 nitrogen and oxygen atoms in total. The molecule has 32 heavy (non-hydrogen) atoms. The minimum Gasteiger partial charge on any atom is -0.394 e. The van der Waals surface area contributed by atoms with Crippen molar-refractivity contribution >= 4 is 15.7 Å². The Kier molecular flexibility index (Phi) is 5.28. The van der Waals surface area contributed by atoms with Gasteiger partial charge in [-0.1, -0.05) is 36.4 Å². The second-order valence-electron chi connectivity index (χ2n) is 8.52. The Hall–Kier alpha value is -2.74. The van der Waals surface area contributed by atoms with Crippen molar-refractivity contribution in [3.05, 3.63) is 83.7 Å². The van der Waals surface area contributed by atoms with Gasteiger partial charge in [0.25, 0.3) is 0 Å². The van der Waals surface area contributed by atoms with Gasteiger partial charge in [-0.3, -0.25) is 0 Å². The highest BCUT2D eigenvalue weighted by Gasteiger charge is 2.48. The number of fused-ring (bicyclic) bond motifs is 3. The van der Waals surface area contributed by atoms with E-state index in [0.717, 1.165) is 22.4 Å². The molecule has 3 aromatic rings. The molecule has 1 saturated heterocycles. The van der Waals surface area contributed by atoms with Gasteiger partial charge in [-0.15, -0.1) is 0 Å². The predicted octanol–water partition coefficient (Wildman–Crippen LogP) is 4.34. The van der Waals surface area contributed by atoms with Crippen LogP contribution in [0, 0.1) is 18.7 Å². The van der Waals surface area contributed by atoms with Crippen molar-refractivity contribution in [3.63, 3.8) is 0 Å². The van der Waals surface area contributed by atoms with Crippen molar-refractivity contribution in [2.24, 2.45) is 5.92 Å². The molecule has 0 aromatic heterocycles. The summed E-state index contributed by atoms with van der Waals surface area (Å²) in [5.41, 5.74) is 4.18. The van der Waals surface area contributed by atoms with Crippen molar-refractivity contribution in [1.82, 2.24) is 4.31 Å². The quantitative estimate of drug-likeness (QED) is 0.618. The smallest absolute Gasteiger partial charge is 0.243 e. The van der Waals surface area contributed by atoms with E-state index in [1.54, 1.807) is 41.6 Å². The molecule has 0 amide bonds. The highest BCUT2D eigenvalue weighted by Crippen LogP contribution is 2.49. The Balaban J connectivity index is 1.62. The van der Waals surface area contributed by atoms with Gasteiger partial charge in [0, 0.05) is 18.2 Å². The summed E-state index contributed by atoms with van der Waals surface area (Å²) in [4.78, 5) is 0.316. The topological polar surface area (TPSA) is 69.6 Å².